The SMILES string of the molecule is CC(C)(C)[C@H](N)C(=O)NCc1cccc(C(N)=O)c1. The summed E-state index contributed by atoms with van der Waals surface area (Å²) in [6.45, 7) is 6.05. The maximum absolute atomic E-state index is 11.9. The van der Waals surface area contributed by atoms with Crippen LogP contribution >= 0.6 is 0 Å². The Morgan fingerprint density at radius 2 is 1.95 bits per heavy atom. The summed E-state index contributed by atoms with van der Waals surface area (Å²) < 4.78 is 0. The number of rotatable bonds is 4. The first-order chi connectivity index (χ1) is 8.71. The van der Waals surface area contributed by atoms with Gasteiger partial charge in [-0.2, -0.15) is 0 Å². The molecule has 0 fully saturated rings. The van der Waals surface area contributed by atoms with E-state index in [9.17, 15) is 9.59 Å². The van der Waals surface area contributed by atoms with Gasteiger partial charge in [-0.05, 0) is 23.1 Å². The van der Waals surface area contributed by atoms with Crippen molar-refractivity contribution < 1.29 is 9.59 Å². The summed E-state index contributed by atoms with van der Waals surface area (Å²) >= 11 is 0. The van der Waals surface area contributed by atoms with Crippen LogP contribution in [0.3, 0.4) is 0 Å². The molecule has 0 spiro atoms. The summed E-state index contributed by atoms with van der Waals surface area (Å²) in [4.78, 5) is 22.9. The predicted molar refractivity (Wildman–Crippen MR) is 74.2 cm³/mol. The van der Waals surface area contributed by atoms with Gasteiger partial charge in [0.2, 0.25) is 11.8 Å². The number of carbonyl (C=O) groups is 2. The summed E-state index contributed by atoms with van der Waals surface area (Å²) in [7, 11) is 0. The average molecular weight is 263 g/mol. The lowest BCUT2D eigenvalue weighted by molar-refractivity contribution is -0.124. The smallest absolute Gasteiger partial charge is 0.248 e. The molecule has 1 rings (SSSR count). The third-order valence-electron chi connectivity index (χ3n) is 2.89. The molecule has 104 valence electrons. The van der Waals surface area contributed by atoms with Gasteiger partial charge in [-0.1, -0.05) is 32.9 Å². The van der Waals surface area contributed by atoms with E-state index in [0.29, 0.717) is 12.1 Å². The largest absolute Gasteiger partial charge is 0.366 e. The van der Waals surface area contributed by atoms with Crippen LogP contribution in [0, 0.1) is 5.41 Å². The Bertz CT molecular complexity index is 478. The van der Waals surface area contributed by atoms with E-state index < -0.39 is 11.9 Å². The standard InChI is InChI=1S/C14H21N3O2/c1-14(2,3)11(15)13(19)17-8-9-5-4-6-10(7-9)12(16)18/h4-7,11H,8,15H2,1-3H3,(H2,16,18)(H,17,19)/t11-/m1/s1. The van der Waals surface area contributed by atoms with Crippen molar-refractivity contribution in [3.63, 3.8) is 0 Å². The fraction of sp³-hybridized carbons (Fsp3) is 0.429. The van der Waals surface area contributed by atoms with Gasteiger partial charge in [-0.15, -0.1) is 0 Å². The van der Waals surface area contributed by atoms with Crippen LogP contribution in [0.2, 0.25) is 0 Å². The predicted octanol–water partition coefficient (Wildman–Crippen LogP) is 0.775. The third-order valence-corrected chi connectivity index (χ3v) is 2.89. The van der Waals surface area contributed by atoms with Gasteiger partial charge in [-0.3, -0.25) is 9.59 Å². The molecule has 1 aromatic carbocycles. The van der Waals surface area contributed by atoms with Crippen molar-refractivity contribution in [3.05, 3.63) is 35.4 Å². The molecule has 1 aromatic rings. The van der Waals surface area contributed by atoms with Crippen molar-refractivity contribution in [2.24, 2.45) is 16.9 Å². The van der Waals surface area contributed by atoms with Crippen molar-refractivity contribution in [2.75, 3.05) is 0 Å². The van der Waals surface area contributed by atoms with Gasteiger partial charge in [0.15, 0.2) is 0 Å². The zero-order valence-corrected chi connectivity index (χ0v) is 11.6. The van der Waals surface area contributed by atoms with Crippen LogP contribution in [-0.4, -0.2) is 17.9 Å². The second-order valence-electron chi connectivity index (χ2n) is 5.63. The minimum absolute atomic E-state index is 0.211. The molecule has 0 heterocycles. The van der Waals surface area contributed by atoms with Gasteiger partial charge in [0, 0.05) is 12.1 Å². The first-order valence-corrected chi connectivity index (χ1v) is 6.14. The van der Waals surface area contributed by atoms with E-state index in [4.69, 9.17) is 11.5 Å². The van der Waals surface area contributed by atoms with Gasteiger partial charge in [-0.25, -0.2) is 0 Å². The Labute approximate surface area is 113 Å². The maximum atomic E-state index is 11.9. The number of primary amides is 1. The molecular formula is C14H21N3O2. The number of carbonyl (C=O) groups excluding carboxylic acids is 2. The number of hydrogen-bond donors (Lipinski definition) is 3. The van der Waals surface area contributed by atoms with E-state index in [1.54, 1.807) is 18.2 Å². The van der Waals surface area contributed by atoms with Crippen molar-refractivity contribution in [1.82, 2.24) is 5.32 Å². The van der Waals surface area contributed by atoms with Crippen molar-refractivity contribution in [2.45, 2.75) is 33.4 Å². The van der Waals surface area contributed by atoms with Crippen molar-refractivity contribution >= 4 is 11.8 Å². The fourth-order valence-electron chi connectivity index (χ4n) is 1.53. The lowest BCUT2D eigenvalue weighted by atomic mass is 9.87. The van der Waals surface area contributed by atoms with E-state index in [-0.39, 0.29) is 11.3 Å². The number of amides is 2. The van der Waals surface area contributed by atoms with Crippen LogP contribution in [0.15, 0.2) is 24.3 Å². The van der Waals surface area contributed by atoms with E-state index in [1.165, 1.54) is 0 Å². The average Bonchev–Trinajstić information content (AvgIpc) is 2.34. The molecule has 0 unspecified atom stereocenters. The monoisotopic (exact) mass is 263 g/mol. The van der Waals surface area contributed by atoms with Crippen LogP contribution in [-0.2, 0) is 11.3 Å². The Hall–Kier alpha value is -1.88. The number of nitrogens with one attached hydrogen (secondary N) is 1. The second kappa shape index (κ2) is 5.84. The normalized spacial score (nSPS) is 12.8. The maximum Gasteiger partial charge on any atom is 0.248 e. The van der Waals surface area contributed by atoms with E-state index >= 15 is 0 Å². The van der Waals surface area contributed by atoms with Gasteiger partial charge in [0.1, 0.15) is 0 Å². The molecule has 0 radical (unpaired) electrons. The molecule has 5 heteroatoms. The molecule has 5 nitrogen and oxygen atoms in total. The highest BCUT2D eigenvalue weighted by Gasteiger charge is 2.27. The van der Waals surface area contributed by atoms with Crippen LogP contribution in [0.5, 0.6) is 0 Å². The Morgan fingerprint density at radius 1 is 1.32 bits per heavy atom. The summed E-state index contributed by atoms with van der Waals surface area (Å²) in [6, 6.07) is 6.26. The quantitative estimate of drug-likeness (QED) is 0.748. The van der Waals surface area contributed by atoms with Gasteiger partial charge in [0.05, 0.1) is 6.04 Å². The highest BCUT2D eigenvalue weighted by Crippen LogP contribution is 2.17. The van der Waals surface area contributed by atoms with Crippen LogP contribution < -0.4 is 16.8 Å². The molecule has 19 heavy (non-hydrogen) atoms. The molecule has 0 saturated carbocycles. The Morgan fingerprint density at radius 3 is 2.47 bits per heavy atom. The summed E-state index contributed by atoms with van der Waals surface area (Å²) in [6.07, 6.45) is 0. The highest BCUT2D eigenvalue weighted by molar-refractivity contribution is 5.92. The number of nitrogens with two attached hydrogens (primary N) is 2. The highest BCUT2D eigenvalue weighted by atomic mass is 16.2. The summed E-state index contributed by atoms with van der Waals surface area (Å²) in [5.74, 6) is -0.698. The van der Waals surface area contributed by atoms with Crippen LogP contribution in [0.1, 0.15) is 36.7 Å². The lowest BCUT2D eigenvalue weighted by Crippen LogP contribution is -2.48. The number of benzene rings is 1. The first kappa shape index (κ1) is 15.2. The zero-order valence-electron chi connectivity index (χ0n) is 11.6. The zero-order chi connectivity index (χ0) is 14.6. The Balaban J connectivity index is 2.65. The third kappa shape index (κ3) is 4.37. The molecule has 0 saturated heterocycles. The molecule has 0 aliphatic carbocycles. The minimum Gasteiger partial charge on any atom is -0.366 e. The topological polar surface area (TPSA) is 98.2 Å². The Kier molecular flexibility index (Phi) is 4.67. The molecule has 0 aliphatic heterocycles. The number of hydrogen-bond acceptors (Lipinski definition) is 3. The molecule has 2 amide bonds. The van der Waals surface area contributed by atoms with Gasteiger partial charge in [0.25, 0.3) is 0 Å². The molecule has 0 aliphatic rings. The van der Waals surface area contributed by atoms with Crippen molar-refractivity contribution in [3.8, 4) is 0 Å². The van der Waals surface area contributed by atoms with E-state index in [1.807, 2.05) is 26.8 Å². The fourth-order valence-corrected chi connectivity index (χ4v) is 1.53. The summed E-state index contributed by atoms with van der Waals surface area (Å²) in [5, 5.41) is 2.76. The van der Waals surface area contributed by atoms with E-state index in [0.717, 1.165) is 5.56 Å². The van der Waals surface area contributed by atoms with Gasteiger partial charge < -0.3 is 16.8 Å². The lowest BCUT2D eigenvalue weighted by Gasteiger charge is -2.25. The summed E-state index contributed by atoms with van der Waals surface area (Å²) in [5.41, 5.74) is 12.0. The molecular weight excluding hydrogens is 242 g/mol. The van der Waals surface area contributed by atoms with Gasteiger partial charge >= 0.3 is 0 Å². The molecule has 0 aromatic heterocycles. The molecule has 1 atom stereocenters. The molecule has 0 bridgehead atoms. The minimum atomic E-state index is -0.577. The van der Waals surface area contributed by atoms with Crippen LogP contribution in [0.4, 0.5) is 0 Å². The van der Waals surface area contributed by atoms with Crippen molar-refractivity contribution in [1.29, 1.82) is 0 Å². The first-order valence-electron chi connectivity index (χ1n) is 6.14. The van der Waals surface area contributed by atoms with E-state index in [2.05, 4.69) is 5.32 Å². The second-order valence-corrected chi connectivity index (χ2v) is 5.63. The van der Waals surface area contributed by atoms with Crippen LogP contribution in [0.25, 0.3) is 0 Å². The molecule has 5 N–H and O–H groups in total.